The molecular weight excluding hydrogens is 202 g/mol. The molecule has 0 atom stereocenters. The number of rotatable bonds is 7. The first-order valence-electron chi connectivity index (χ1n) is 6.04. The first-order chi connectivity index (χ1) is 7.31. The van der Waals surface area contributed by atoms with E-state index in [1.54, 1.807) is 0 Å². The van der Waals surface area contributed by atoms with Crippen LogP contribution in [-0.2, 0) is 4.79 Å². The highest BCUT2D eigenvalue weighted by Gasteiger charge is 2.25. The van der Waals surface area contributed by atoms with Gasteiger partial charge in [-0.15, -0.1) is 0 Å². The Labute approximate surface area is 99.8 Å². The Morgan fingerprint density at radius 2 is 1.94 bits per heavy atom. The Balaban J connectivity index is 3.90. The predicted molar refractivity (Wildman–Crippen MR) is 68.5 cm³/mol. The second kappa shape index (κ2) is 6.86. The molecule has 16 heavy (non-hydrogen) atoms. The lowest BCUT2D eigenvalue weighted by Crippen LogP contribution is -2.53. The molecule has 4 heteroatoms. The average molecular weight is 229 g/mol. The molecule has 0 saturated heterocycles. The van der Waals surface area contributed by atoms with Crippen LogP contribution in [0.3, 0.4) is 0 Å². The van der Waals surface area contributed by atoms with E-state index < -0.39 is 5.54 Å². The largest absolute Gasteiger partial charge is 0.353 e. The van der Waals surface area contributed by atoms with Gasteiger partial charge in [-0.2, -0.15) is 0 Å². The minimum atomic E-state index is -0.481. The average Bonchev–Trinajstić information content (AvgIpc) is 2.16. The summed E-state index contributed by atoms with van der Waals surface area (Å²) in [5.74, 6) is 0.0616. The lowest BCUT2D eigenvalue weighted by Gasteiger charge is -2.26. The van der Waals surface area contributed by atoms with Crippen molar-refractivity contribution in [2.45, 2.75) is 46.2 Å². The fourth-order valence-corrected chi connectivity index (χ4v) is 1.35. The topological polar surface area (TPSA) is 44.4 Å². The van der Waals surface area contributed by atoms with Gasteiger partial charge in [0.1, 0.15) is 0 Å². The molecule has 4 nitrogen and oxygen atoms in total. The van der Waals surface area contributed by atoms with Crippen LogP contribution in [0.1, 0.15) is 34.6 Å². The molecule has 0 saturated carbocycles. The summed E-state index contributed by atoms with van der Waals surface area (Å²) in [5, 5.41) is 6.11. The van der Waals surface area contributed by atoms with Crippen LogP contribution in [0.5, 0.6) is 0 Å². The highest BCUT2D eigenvalue weighted by atomic mass is 16.2. The van der Waals surface area contributed by atoms with Crippen LogP contribution in [0, 0.1) is 0 Å². The molecule has 0 radical (unpaired) electrons. The van der Waals surface area contributed by atoms with Crippen LogP contribution in [0.25, 0.3) is 0 Å². The van der Waals surface area contributed by atoms with Gasteiger partial charge in [0.05, 0.1) is 5.54 Å². The maximum atomic E-state index is 11.8. The van der Waals surface area contributed by atoms with Gasteiger partial charge >= 0.3 is 0 Å². The van der Waals surface area contributed by atoms with Crippen LogP contribution in [0.15, 0.2) is 0 Å². The zero-order valence-corrected chi connectivity index (χ0v) is 11.6. The number of carbonyl (C=O) groups is 1. The maximum absolute atomic E-state index is 11.8. The van der Waals surface area contributed by atoms with E-state index in [0.29, 0.717) is 12.6 Å². The van der Waals surface area contributed by atoms with Crippen LogP contribution >= 0.6 is 0 Å². The Bertz CT molecular complexity index is 214. The first kappa shape index (κ1) is 15.4. The van der Waals surface area contributed by atoms with Crippen molar-refractivity contribution < 1.29 is 4.79 Å². The molecule has 0 spiro atoms. The Hall–Kier alpha value is -0.610. The quantitative estimate of drug-likeness (QED) is 0.680. The summed E-state index contributed by atoms with van der Waals surface area (Å²) in [4.78, 5) is 14.0. The van der Waals surface area contributed by atoms with Crippen molar-refractivity contribution in [2.75, 3.05) is 26.7 Å². The SMILES string of the molecule is CCNC(C)(C)C(=O)NCCN(C)C(C)C. The molecule has 0 unspecified atom stereocenters. The molecule has 0 aromatic carbocycles. The van der Waals surface area contributed by atoms with Gasteiger partial charge in [0, 0.05) is 19.1 Å². The molecule has 0 bridgehead atoms. The molecule has 0 aromatic heterocycles. The van der Waals surface area contributed by atoms with Crippen molar-refractivity contribution in [3.05, 3.63) is 0 Å². The molecule has 0 rings (SSSR count). The van der Waals surface area contributed by atoms with Crippen molar-refractivity contribution in [1.82, 2.24) is 15.5 Å². The second-order valence-electron chi connectivity index (χ2n) is 4.99. The molecule has 1 amide bonds. The van der Waals surface area contributed by atoms with Crippen molar-refractivity contribution >= 4 is 5.91 Å². The molecule has 2 N–H and O–H groups in total. The smallest absolute Gasteiger partial charge is 0.239 e. The molecule has 0 heterocycles. The van der Waals surface area contributed by atoms with E-state index in [1.165, 1.54) is 0 Å². The Morgan fingerprint density at radius 1 is 1.38 bits per heavy atom. The fourth-order valence-electron chi connectivity index (χ4n) is 1.35. The molecule has 0 fully saturated rings. The summed E-state index contributed by atoms with van der Waals surface area (Å²) >= 11 is 0. The van der Waals surface area contributed by atoms with Crippen molar-refractivity contribution in [1.29, 1.82) is 0 Å². The maximum Gasteiger partial charge on any atom is 0.239 e. The van der Waals surface area contributed by atoms with E-state index >= 15 is 0 Å². The number of hydrogen-bond donors (Lipinski definition) is 2. The summed E-state index contributed by atoms with van der Waals surface area (Å²) in [7, 11) is 2.06. The lowest BCUT2D eigenvalue weighted by atomic mass is 10.0. The van der Waals surface area contributed by atoms with Gasteiger partial charge in [-0.25, -0.2) is 0 Å². The van der Waals surface area contributed by atoms with Crippen LogP contribution in [0.4, 0.5) is 0 Å². The van der Waals surface area contributed by atoms with E-state index in [1.807, 2.05) is 20.8 Å². The van der Waals surface area contributed by atoms with Gasteiger partial charge in [0.2, 0.25) is 5.91 Å². The van der Waals surface area contributed by atoms with Crippen molar-refractivity contribution in [2.24, 2.45) is 0 Å². The minimum absolute atomic E-state index is 0.0616. The van der Waals surface area contributed by atoms with Gasteiger partial charge in [-0.3, -0.25) is 4.79 Å². The third kappa shape index (κ3) is 5.47. The van der Waals surface area contributed by atoms with Gasteiger partial charge < -0.3 is 15.5 Å². The van der Waals surface area contributed by atoms with Crippen molar-refractivity contribution in [3.63, 3.8) is 0 Å². The Morgan fingerprint density at radius 3 is 2.38 bits per heavy atom. The summed E-state index contributed by atoms with van der Waals surface area (Å²) in [6.45, 7) is 12.5. The summed E-state index contributed by atoms with van der Waals surface area (Å²) in [5.41, 5.74) is -0.481. The van der Waals surface area contributed by atoms with Gasteiger partial charge in [0.25, 0.3) is 0 Å². The number of nitrogens with one attached hydrogen (secondary N) is 2. The molecule has 0 aliphatic heterocycles. The highest BCUT2D eigenvalue weighted by molar-refractivity contribution is 5.85. The second-order valence-corrected chi connectivity index (χ2v) is 4.99. The van der Waals surface area contributed by atoms with Crippen molar-refractivity contribution in [3.8, 4) is 0 Å². The number of hydrogen-bond acceptors (Lipinski definition) is 3. The molecule has 0 aliphatic rings. The van der Waals surface area contributed by atoms with Gasteiger partial charge in [-0.1, -0.05) is 6.92 Å². The molecule has 0 aromatic rings. The third-order valence-electron chi connectivity index (χ3n) is 2.82. The summed E-state index contributed by atoms with van der Waals surface area (Å²) in [6, 6.07) is 0.513. The predicted octanol–water partition coefficient (Wildman–Crippen LogP) is 0.831. The number of likely N-dealkylation sites (N-methyl/N-ethyl adjacent to an activating group) is 2. The molecule has 96 valence electrons. The summed E-state index contributed by atoms with van der Waals surface area (Å²) in [6.07, 6.45) is 0. The molecule has 0 aliphatic carbocycles. The fraction of sp³-hybridized carbons (Fsp3) is 0.917. The third-order valence-corrected chi connectivity index (χ3v) is 2.82. The van der Waals surface area contributed by atoms with E-state index in [9.17, 15) is 4.79 Å². The lowest BCUT2D eigenvalue weighted by molar-refractivity contribution is -0.126. The van der Waals surface area contributed by atoms with Gasteiger partial charge in [0.15, 0.2) is 0 Å². The number of carbonyl (C=O) groups excluding carboxylic acids is 1. The van der Waals surface area contributed by atoms with E-state index in [2.05, 4.69) is 36.4 Å². The van der Waals surface area contributed by atoms with Crippen LogP contribution < -0.4 is 10.6 Å². The number of amides is 1. The normalized spacial score (nSPS) is 12.2. The van der Waals surface area contributed by atoms with Crippen LogP contribution in [0.2, 0.25) is 0 Å². The zero-order chi connectivity index (χ0) is 12.8. The van der Waals surface area contributed by atoms with E-state index in [-0.39, 0.29) is 5.91 Å². The minimum Gasteiger partial charge on any atom is -0.353 e. The highest BCUT2D eigenvalue weighted by Crippen LogP contribution is 2.01. The van der Waals surface area contributed by atoms with E-state index in [4.69, 9.17) is 0 Å². The number of nitrogens with zero attached hydrogens (tertiary/aromatic N) is 1. The first-order valence-corrected chi connectivity index (χ1v) is 6.04. The monoisotopic (exact) mass is 229 g/mol. The van der Waals surface area contributed by atoms with E-state index in [0.717, 1.165) is 13.1 Å². The molecular formula is C12H27N3O. The Kier molecular flexibility index (Phi) is 6.60. The van der Waals surface area contributed by atoms with Crippen LogP contribution in [-0.4, -0.2) is 49.1 Å². The zero-order valence-electron chi connectivity index (χ0n) is 11.6. The standard InChI is InChI=1S/C12H27N3O/c1-7-14-12(4,5)11(16)13-8-9-15(6)10(2)3/h10,14H,7-9H2,1-6H3,(H,13,16). The summed E-state index contributed by atoms with van der Waals surface area (Å²) < 4.78 is 0. The van der Waals surface area contributed by atoms with Gasteiger partial charge in [-0.05, 0) is 41.3 Å².